The van der Waals surface area contributed by atoms with Crippen molar-refractivity contribution in [3.8, 4) is 22.5 Å². The third-order valence-electron chi connectivity index (χ3n) is 3.91. The predicted molar refractivity (Wildman–Crippen MR) is 96.7 cm³/mol. The molecular formula is C19H17FN4O2. The molecule has 0 unspecified atom stereocenters. The van der Waals surface area contributed by atoms with Crippen molar-refractivity contribution in [2.24, 2.45) is 7.05 Å². The number of aromatic amines is 1. The van der Waals surface area contributed by atoms with Crippen LogP contribution in [0.4, 0.5) is 4.39 Å². The molecule has 26 heavy (non-hydrogen) atoms. The van der Waals surface area contributed by atoms with E-state index in [0.717, 1.165) is 6.08 Å². The maximum Gasteiger partial charge on any atom is 0.254 e. The zero-order chi connectivity index (χ0) is 18.7. The highest BCUT2D eigenvalue weighted by molar-refractivity contribution is 5.87. The standard InChI is InChI=1S/C19H17FN4O2/c1-3-18(25)21-11-15-14(16-8-9-24(2)23-16)10-17(22-19(15)26)12-4-6-13(20)7-5-12/h3-10H,1,11H2,2H3,(H,21,25)(H,22,26). The van der Waals surface area contributed by atoms with E-state index in [2.05, 4.69) is 22.0 Å². The maximum absolute atomic E-state index is 13.2. The van der Waals surface area contributed by atoms with Crippen molar-refractivity contribution in [1.82, 2.24) is 20.1 Å². The quantitative estimate of drug-likeness (QED) is 0.692. The molecule has 0 atom stereocenters. The first kappa shape index (κ1) is 17.3. The summed E-state index contributed by atoms with van der Waals surface area (Å²) in [4.78, 5) is 26.9. The minimum absolute atomic E-state index is 0.0375. The number of benzene rings is 1. The van der Waals surface area contributed by atoms with Crippen LogP contribution in [0.25, 0.3) is 22.5 Å². The van der Waals surface area contributed by atoms with Crippen molar-refractivity contribution in [2.45, 2.75) is 6.54 Å². The fourth-order valence-corrected chi connectivity index (χ4v) is 2.58. The Hall–Kier alpha value is -3.48. The van der Waals surface area contributed by atoms with Crippen molar-refractivity contribution < 1.29 is 9.18 Å². The van der Waals surface area contributed by atoms with Gasteiger partial charge in [-0.05, 0) is 48.0 Å². The highest BCUT2D eigenvalue weighted by Crippen LogP contribution is 2.25. The van der Waals surface area contributed by atoms with Crippen LogP contribution in [-0.4, -0.2) is 20.7 Å². The Bertz CT molecular complexity index is 1020. The van der Waals surface area contributed by atoms with Crippen LogP contribution in [0.3, 0.4) is 0 Å². The Balaban J connectivity index is 2.12. The second-order valence-electron chi connectivity index (χ2n) is 5.71. The van der Waals surface area contributed by atoms with Crippen LogP contribution < -0.4 is 10.9 Å². The molecule has 0 saturated carbocycles. The average Bonchev–Trinajstić information content (AvgIpc) is 3.06. The summed E-state index contributed by atoms with van der Waals surface area (Å²) >= 11 is 0. The normalized spacial score (nSPS) is 10.5. The lowest BCUT2D eigenvalue weighted by Crippen LogP contribution is -2.26. The van der Waals surface area contributed by atoms with Crippen LogP contribution in [0.2, 0.25) is 0 Å². The summed E-state index contributed by atoms with van der Waals surface area (Å²) in [5, 5.41) is 6.96. The van der Waals surface area contributed by atoms with Gasteiger partial charge in [-0.1, -0.05) is 6.58 Å². The summed E-state index contributed by atoms with van der Waals surface area (Å²) in [5.74, 6) is -0.733. The van der Waals surface area contributed by atoms with Crippen LogP contribution in [0.1, 0.15) is 5.56 Å². The lowest BCUT2D eigenvalue weighted by atomic mass is 10.0. The Kier molecular flexibility index (Phi) is 4.79. The molecule has 0 radical (unpaired) electrons. The molecule has 3 aromatic rings. The zero-order valence-corrected chi connectivity index (χ0v) is 14.1. The van der Waals surface area contributed by atoms with Crippen LogP contribution in [0.15, 0.2) is 60.0 Å². The second-order valence-corrected chi connectivity index (χ2v) is 5.71. The Morgan fingerprint density at radius 3 is 2.69 bits per heavy atom. The molecule has 0 fully saturated rings. The summed E-state index contributed by atoms with van der Waals surface area (Å²) in [5.41, 5.74) is 2.43. The number of amides is 1. The van der Waals surface area contributed by atoms with Crippen LogP contribution in [0.5, 0.6) is 0 Å². The summed E-state index contributed by atoms with van der Waals surface area (Å²) in [6.45, 7) is 3.43. The van der Waals surface area contributed by atoms with E-state index in [9.17, 15) is 14.0 Å². The van der Waals surface area contributed by atoms with Crippen molar-refractivity contribution in [3.63, 3.8) is 0 Å². The van der Waals surface area contributed by atoms with Crippen molar-refractivity contribution >= 4 is 5.91 Å². The van der Waals surface area contributed by atoms with Crippen molar-refractivity contribution in [1.29, 1.82) is 0 Å². The molecule has 132 valence electrons. The number of pyridine rings is 1. The van der Waals surface area contributed by atoms with Gasteiger partial charge in [-0.25, -0.2) is 4.39 Å². The minimum Gasteiger partial charge on any atom is -0.348 e. The number of carbonyl (C=O) groups excluding carboxylic acids is 1. The van der Waals surface area contributed by atoms with Gasteiger partial charge in [0.25, 0.3) is 5.56 Å². The summed E-state index contributed by atoms with van der Waals surface area (Å²) in [6.07, 6.45) is 2.90. The monoisotopic (exact) mass is 352 g/mol. The number of halogens is 1. The van der Waals surface area contributed by atoms with Crippen molar-refractivity contribution in [2.75, 3.05) is 0 Å². The van der Waals surface area contributed by atoms with Gasteiger partial charge in [-0.3, -0.25) is 14.3 Å². The molecule has 0 aliphatic carbocycles. The fraction of sp³-hybridized carbons (Fsp3) is 0.105. The van der Waals surface area contributed by atoms with Gasteiger partial charge < -0.3 is 10.3 Å². The molecule has 2 heterocycles. The molecule has 3 rings (SSSR count). The van der Waals surface area contributed by atoms with E-state index in [-0.39, 0.29) is 23.8 Å². The van der Waals surface area contributed by atoms with Crippen LogP contribution in [-0.2, 0) is 18.4 Å². The maximum atomic E-state index is 13.2. The number of carbonyl (C=O) groups is 1. The number of hydrogen-bond donors (Lipinski definition) is 2. The summed E-state index contributed by atoms with van der Waals surface area (Å²) in [6, 6.07) is 9.37. The lowest BCUT2D eigenvalue weighted by molar-refractivity contribution is -0.116. The van der Waals surface area contributed by atoms with E-state index in [1.54, 1.807) is 42.2 Å². The number of nitrogens with zero attached hydrogens (tertiary/aromatic N) is 2. The molecule has 7 heteroatoms. The number of aryl methyl sites for hydroxylation is 1. The molecule has 6 nitrogen and oxygen atoms in total. The molecule has 0 saturated heterocycles. The van der Waals surface area contributed by atoms with Crippen LogP contribution >= 0.6 is 0 Å². The molecule has 0 spiro atoms. The number of aromatic nitrogens is 3. The van der Waals surface area contributed by atoms with Gasteiger partial charge in [0.15, 0.2) is 0 Å². The topological polar surface area (TPSA) is 79.8 Å². The zero-order valence-electron chi connectivity index (χ0n) is 14.1. The van der Waals surface area contributed by atoms with Gasteiger partial charge in [0, 0.05) is 36.6 Å². The third-order valence-corrected chi connectivity index (χ3v) is 3.91. The lowest BCUT2D eigenvalue weighted by Gasteiger charge is -2.11. The minimum atomic E-state index is -0.376. The fourth-order valence-electron chi connectivity index (χ4n) is 2.58. The summed E-state index contributed by atoms with van der Waals surface area (Å²) in [7, 11) is 1.77. The van der Waals surface area contributed by atoms with E-state index in [4.69, 9.17) is 0 Å². The van der Waals surface area contributed by atoms with Gasteiger partial charge in [0.1, 0.15) is 5.82 Å². The van der Waals surface area contributed by atoms with Crippen LogP contribution in [0, 0.1) is 5.82 Å². The highest BCUT2D eigenvalue weighted by Gasteiger charge is 2.15. The molecule has 2 N–H and O–H groups in total. The van der Waals surface area contributed by atoms with Gasteiger partial charge in [-0.15, -0.1) is 0 Å². The van der Waals surface area contributed by atoms with E-state index in [1.807, 2.05) is 0 Å². The van der Waals surface area contributed by atoms with Crippen molar-refractivity contribution in [3.05, 3.63) is 77.0 Å². The highest BCUT2D eigenvalue weighted by atomic mass is 19.1. The Labute approximate surface area is 149 Å². The van der Waals surface area contributed by atoms with Gasteiger partial charge >= 0.3 is 0 Å². The molecular weight excluding hydrogens is 335 g/mol. The number of hydrogen-bond acceptors (Lipinski definition) is 3. The first-order chi connectivity index (χ1) is 12.5. The average molecular weight is 352 g/mol. The summed E-state index contributed by atoms with van der Waals surface area (Å²) < 4.78 is 14.8. The molecule has 0 bridgehead atoms. The van der Waals surface area contributed by atoms with E-state index in [1.165, 1.54) is 12.1 Å². The SMILES string of the molecule is C=CC(=O)NCc1c(-c2ccn(C)n2)cc(-c2ccc(F)cc2)[nH]c1=O. The number of nitrogens with one attached hydrogen (secondary N) is 2. The number of rotatable bonds is 5. The number of H-pyrrole nitrogens is 1. The second kappa shape index (κ2) is 7.18. The predicted octanol–water partition coefficient (Wildman–Crippen LogP) is 2.38. The van der Waals surface area contributed by atoms with Gasteiger partial charge in [-0.2, -0.15) is 5.10 Å². The first-order valence-corrected chi connectivity index (χ1v) is 7.90. The smallest absolute Gasteiger partial charge is 0.254 e. The van der Waals surface area contributed by atoms with Gasteiger partial charge in [0.05, 0.1) is 5.69 Å². The molecule has 1 amide bonds. The Morgan fingerprint density at radius 2 is 2.08 bits per heavy atom. The largest absolute Gasteiger partial charge is 0.348 e. The van der Waals surface area contributed by atoms with E-state index in [0.29, 0.717) is 28.1 Å². The van der Waals surface area contributed by atoms with E-state index >= 15 is 0 Å². The van der Waals surface area contributed by atoms with E-state index < -0.39 is 0 Å². The first-order valence-electron chi connectivity index (χ1n) is 7.90. The molecule has 2 aromatic heterocycles. The Morgan fingerprint density at radius 1 is 1.35 bits per heavy atom. The molecule has 0 aliphatic heterocycles. The third kappa shape index (κ3) is 3.61. The molecule has 1 aromatic carbocycles. The molecule has 0 aliphatic rings. The van der Waals surface area contributed by atoms with Gasteiger partial charge in [0.2, 0.25) is 5.91 Å².